The summed E-state index contributed by atoms with van der Waals surface area (Å²) in [5.41, 5.74) is 0.618. The molecule has 0 spiro atoms. The van der Waals surface area contributed by atoms with E-state index in [1.54, 1.807) is 18.2 Å². The summed E-state index contributed by atoms with van der Waals surface area (Å²) in [6.45, 7) is 1.32. The summed E-state index contributed by atoms with van der Waals surface area (Å²) in [5.74, 6) is 0.498. The van der Waals surface area contributed by atoms with Crippen molar-refractivity contribution in [3.05, 3.63) is 29.6 Å². The van der Waals surface area contributed by atoms with Crippen LogP contribution < -0.4 is 10.1 Å². The SMILES string of the molecule is COc1cccc(CNCC2CCC(O)C2)c1F. The van der Waals surface area contributed by atoms with Crippen molar-refractivity contribution in [3.8, 4) is 5.75 Å². The summed E-state index contributed by atoms with van der Waals surface area (Å²) in [6, 6.07) is 5.17. The molecule has 2 rings (SSSR count). The number of aliphatic hydroxyl groups is 1. The third kappa shape index (κ3) is 3.21. The summed E-state index contributed by atoms with van der Waals surface area (Å²) < 4.78 is 18.8. The van der Waals surface area contributed by atoms with Crippen LogP contribution in [0.25, 0.3) is 0 Å². The van der Waals surface area contributed by atoms with Gasteiger partial charge in [0.2, 0.25) is 0 Å². The molecule has 3 nitrogen and oxygen atoms in total. The monoisotopic (exact) mass is 253 g/mol. The number of methoxy groups -OCH3 is 1. The maximum Gasteiger partial charge on any atom is 0.169 e. The van der Waals surface area contributed by atoms with Crippen LogP contribution in [-0.2, 0) is 6.54 Å². The highest BCUT2D eigenvalue weighted by atomic mass is 19.1. The third-order valence-corrected chi connectivity index (χ3v) is 3.53. The molecule has 2 N–H and O–H groups in total. The summed E-state index contributed by atoms with van der Waals surface area (Å²) >= 11 is 0. The summed E-state index contributed by atoms with van der Waals surface area (Å²) in [5, 5.41) is 12.7. The molecule has 1 saturated carbocycles. The van der Waals surface area contributed by atoms with Gasteiger partial charge < -0.3 is 15.2 Å². The van der Waals surface area contributed by atoms with Gasteiger partial charge in [-0.1, -0.05) is 12.1 Å². The molecular formula is C14H20FNO2. The van der Waals surface area contributed by atoms with Gasteiger partial charge in [0.25, 0.3) is 0 Å². The van der Waals surface area contributed by atoms with Gasteiger partial charge in [-0.3, -0.25) is 0 Å². The first-order valence-electron chi connectivity index (χ1n) is 6.41. The van der Waals surface area contributed by atoms with Crippen molar-refractivity contribution >= 4 is 0 Å². The fraction of sp³-hybridized carbons (Fsp3) is 0.571. The van der Waals surface area contributed by atoms with Crippen molar-refractivity contribution in [2.45, 2.75) is 31.9 Å². The lowest BCUT2D eigenvalue weighted by molar-refractivity contribution is 0.177. The molecule has 4 heteroatoms. The van der Waals surface area contributed by atoms with Crippen molar-refractivity contribution in [3.63, 3.8) is 0 Å². The third-order valence-electron chi connectivity index (χ3n) is 3.53. The fourth-order valence-corrected chi connectivity index (χ4v) is 2.50. The summed E-state index contributed by atoms with van der Waals surface area (Å²) in [7, 11) is 1.47. The number of hydrogen-bond donors (Lipinski definition) is 2. The Bertz CT molecular complexity index is 397. The van der Waals surface area contributed by atoms with Crippen molar-refractivity contribution in [1.29, 1.82) is 0 Å². The molecule has 0 radical (unpaired) electrons. The molecule has 1 fully saturated rings. The molecular weight excluding hydrogens is 233 g/mol. The van der Waals surface area contributed by atoms with Gasteiger partial charge in [0.05, 0.1) is 13.2 Å². The second-order valence-corrected chi connectivity index (χ2v) is 4.90. The zero-order valence-electron chi connectivity index (χ0n) is 10.7. The average Bonchev–Trinajstić information content (AvgIpc) is 2.77. The van der Waals surface area contributed by atoms with Crippen LogP contribution in [0.3, 0.4) is 0 Å². The molecule has 18 heavy (non-hydrogen) atoms. The van der Waals surface area contributed by atoms with Crippen molar-refractivity contribution in [2.24, 2.45) is 5.92 Å². The van der Waals surface area contributed by atoms with Crippen LogP contribution in [0.1, 0.15) is 24.8 Å². The Hall–Kier alpha value is -1.13. The second-order valence-electron chi connectivity index (χ2n) is 4.90. The van der Waals surface area contributed by atoms with E-state index in [9.17, 15) is 9.50 Å². The van der Waals surface area contributed by atoms with E-state index in [2.05, 4.69) is 5.32 Å². The van der Waals surface area contributed by atoms with E-state index < -0.39 is 0 Å². The molecule has 0 amide bonds. The average molecular weight is 253 g/mol. The molecule has 1 aromatic rings. The van der Waals surface area contributed by atoms with E-state index in [0.717, 1.165) is 25.8 Å². The molecule has 0 aliphatic heterocycles. The largest absolute Gasteiger partial charge is 0.494 e. The first kappa shape index (κ1) is 13.3. The lowest BCUT2D eigenvalue weighted by atomic mass is 10.1. The number of aliphatic hydroxyl groups excluding tert-OH is 1. The van der Waals surface area contributed by atoms with Gasteiger partial charge >= 0.3 is 0 Å². The Labute approximate surface area is 107 Å². The predicted octanol–water partition coefficient (Wildman–Crippen LogP) is 2.08. The molecule has 2 atom stereocenters. The first-order valence-corrected chi connectivity index (χ1v) is 6.41. The van der Waals surface area contributed by atoms with Crippen LogP contribution >= 0.6 is 0 Å². The number of hydrogen-bond acceptors (Lipinski definition) is 3. The molecule has 0 saturated heterocycles. The lowest BCUT2D eigenvalue weighted by Crippen LogP contribution is -2.22. The molecule has 1 aliphatic carbocycles. The quantitative estimate of drug-likeness (QED) is 0.844. The van der Waals surface area contributed by atoms with E-state index in [0.29, 0.717) is 18.0 Å². The zero-order valence-corrected chi connectivity index (χ0v) is 10.7. The van der Waals surface area contributed by atoms with Crippen molar-refractivity contribution in [2.75, 3.05) is 13.7 Å². The van der Waals surface area contributed by atoms with Gasteiger partial charge in [0.1, 0.15) is 0 Å². The Kier molecular flexibility index (Phi) is 4.55. The van der Waals surface area contributed by atoms with Gasteiger partial charge in [0.15, 0.2) is 11.6 Å². The van der Waals surface area contributed by atoms with Crippen LogP contribution in [0, 0.1) is 11.7 Å². The Morgan fingerprint density at radius 2 is 2.28 bits per heavy atom. The van der Waals surface area contributed by atoms with Crippen molar-refractivity contribution in [1.82, 2.24) is 5.32 Å². The smallest absolute Gasteiger partial charge is 0.169 e. The second kappa shape index (κ2) is 6.16. The lowest BCUT2D eigenvalue weighted by Gasteiger charge is -2.12. The van der Waals surface area contributed by atoms with E-state index in [1.165, 1.54) is 7.11 Å². The minimum absolute atomic E-state index is 0.148. The highest BCUT2D eigenvalue weighted by Gasteiger charge is 2.22. The molecule has 2 unspecified atom stereocenters. The van der Waals surface area contributed by atoms with Crippen LogP contribution in [0.15, 0.2) is 18.2 Å². The topological polar surface area (TPSA) is 41.5 Å². The van der Waals surface area contributed by atoms with E-state index in [-0.39, 0.29) is 17.7 Å². The van der Waals surface area contributed by atoms with Gasteiger partial charge in [-0.2, -0.15) is 0 Å². The first-order chi connectivity index (χ1) is 8.70. The molecule has 1 aromatic carbocycles. The predicted molar refractivity (Wildman–Crippen MR) is 68.0 cm³/mol. The molecule has 1 aliphatic rings. The van der Waals surface area contributed by atoms with Gasteiger partial charge in [0, 0.05) is 12.1 Å². The van der Waals surface area contributed by atoms with E-state index in [1.807, 2.05) is 0 Å². The number of ether oxygens (including phenoxy) is 1. The number of rotatable bonds is 5. The number of benzene rings is 1. The van der Waals surface area contributed by atoms with Gasteiger partial charge in [-0.25, -0.2) is 4.39 Å². The van der Waals surface area contributed by atoms with Gasteiger partial charge in [-0.15, -0.1) is 0 Å². The van der Waals surface area contributed by atoms with E-state index >= 15 is 0 Å². The highest BCUT2D eigenvalue weighted by Crippen LogP contribution is 2.25. The standard InChI is InChI=1S/C14H20FNO2/c1-18-13-4-2-3-11(14(13)15)9-16-8-10-5-6-12(17)7-10/h2-4,10,12,16-17H,5-9H2,1H3. The fourth-order valence-electron chi connectivity index (χ4n) is 2.50. The molecule has 0 heterocycles. The number of nitrogens with one attached hydrogen (secondary N) is 1. The highest BCUT2D eigenvalue weighted by molar-refractivity contribution is 5.30. The molecule has 0 bridgehead atoms. The van der Waals surface area contributed by atoms with Crippen LogP contribution in [0.4, 0.5) is 4.39 Å². The Morgan fingerprint density at radius 3 is 2.94 bits per heavy atom. The van der Waals surface area contributed by atoms with Crippen LogP contribution in [0.5, 0.6) is 5.75 Å². The molecule has 100 valence electrons. The normalized spacial score (nSPS) is 23.3. The minimum atomic E-state index is -0.293. The maximum absolute atomic E-state index is 13.8. The summed E-state index contributed by atoms with van der Waals surface area (Å²) in [6.07, 6.45) is 2.65. The molecule has 0 aromatic heterocycles. The number of halogens is 1. The van der Waals surface area contributed by atoms with Crippen molar-refractivity contribution < 1.29 is 14.2 Å². The van der Waals surface area contributed by atoms with E-state index in [4.69, 9.17) is 4.74 Å². The Morgan fingerprint density at radius 1 is 1.44 bits per heavy atom. The zero-order chi connectivity index (χ0) is 13.0. The van der Waals surface area contributed by atoms with Crippen LogP contribution in [0.2, 0.25) is 0 Å². The minimum Gasteiger partial charge on any atom is -0.494 e. The van der Waals surface area contributed by atoms with Gasteiger partial charge in [-0.05, 0) is 37.8 Å². The Balaban J connectivity index is 1.83. The maximum atomic E-state index is 13.8. The van der Waals surface area contributed by atoms with Crippen LogP contribution in [-0.4, -0.2) is 24.9 Å². The summed E-state index contributed by atoms with van der Waals surface area (Å²) in [4.78, 5) is 0.